The normalized spacial score (nSPS) is 11.6. The van der Waals surface area contributed by atoms with Crippen molar-refractivity contribution in [3.05, 3.63) is 71.4 Å². The first kappa shape index (κ1) is 25.5. The summed E-state index contributed by atoms with van der Waals surface area (Å²) in [7, 11) is -3.64. The maximum Gasteiger partial charge on any atom is 0.322 e. The van der Waals surface area contributed by atoms with Crippen LogP contribution in [0.1, 0.15) is 61.3 Å². The second-order valence-electron chi connectivity index (χ2n) is 7.89. The Balaban J connectivity index is 1.65. The number of carbonyl (C=O) groups excluding carboxylic acids is 1. The van der Waals surface area contributed by atoms with Crippen LogP contribution in [-0.2, 0) is 16.4 Å². The summed E-state index contributed by atoms with van der Waals surface area (Å²) in [6.45, 7) is 4.98. The van der Waals surface area contributed by atoms with Gasteiger partial charge in [0.2, 0.25) is 15.9 Å². The lowest BCUT2D eigenvalue weighted by molar-refractivity contribution is 0.102. The van der Waals surface area contributed by atoms with E-state index in [0.29, 0.717) is 19.5 Å². The summed E-state index contributed by atoms with van der Waals surface area (Å²) in [4.78, 5) is 12.7. The zero-order valence-electron chi connectivity index (χ0n) is 19.3. The lowest BCUT2D eigenvalue weighted by Gasteiger charge is -2.22. The summed E-state index contributed by atoms with van der Waals surface area (Å²) in [6, 6.07) is 11.6. The molecule has 0 radical (unpaired) electrons. The number of rotatable bonds is 12. The molecule has 3 rings (SSSR count). The second-order valence-corrected chi connectivity index (χ2v) is 9.83. The molecule has 0 bridgehead atoms. The molecular weight excluding hydrogens is 459 g/mol. The Kier molecular flexibility index (Phi) is 8.89. The Hall–Kier alpha value is -3.11. The molecule has 0 aliphatic rings. The zero-order chi connectivity index (χ0) is 24.6. The quantitative estimate of drug-likeness (QED) is 0.398. The molecule has 0 aliphatic heterocycles. The molecule has 1 aromatic heterocycles. The van der Waals surface area contributed by atoms with Gasteiger partial charge in [-0.05, 0) is 54.8 Å². The Morgan fingerprint density at radius 1 is 0.971 bits per heavy atom. The van der Waals surface area contributed by atoms with E-state index in [4.69, 9.17) is 4.42 Å². The third-order valence-electron chi connectivity index (χ3n) is 5.23. The molecule has 0 atom stereocenters. The van der Waals surface area contributed by atoms with Gasteiger partial charge in [0.15, 0.2) is 0 Å². The largest absolute Gasteiger partial charge is 0.407 e. The number of anilines is 1. The molecule has 10 heteroatoms. The number of hydrogen-bond acceptors (Lipinski definition) is 6. The van der Waals surface area contributed by atoms with Gasteiger partial charge in [0.05, 0.1) is 11.3 Å². The first-order chi connectivity index (χ1) is 16.3. The van der Waals surface area contributed by atoms with Gasteiger partial charge in [-0.25, -0.2) is 12.8 Å². The number of hydrogen-bond donors (Lipinski definition) is 1. The summed E-state index contributed by atoms with van der Waals surface area (Å²) in [5, 5.41) is 10.2. The van der Waals surface area contributed by atoms with Crippen LogP contribution in [0.4, 0.5) is 10.4 Å². The average Bonchev–Trinajstić information content (AvgIpc) is 3.27. The molecular formula is C24H29FN4O4S. The number of aromatic nitrogens is 2. The van der Waals surface area contributed by atoms with Gasteiger partial charge in [-0.3, -0.25) is 10.1 Å². The van der Waals surface area contributed by atoms with Crippen LogP contribution in [0.25, 0.3) is 0 Å². The highest BCUT2D eigenvalue weighted by Gasteiger charge is 2.24. The molecule has 1 heterocycles. The summed E-state index contributed by atoms with van der Waals surface area (Å²) < 4.78 is 46.1. The van der Waals surface area contributed by atoms with Crippen molar-refractivity contribution in [3.8, 4) is 0 Å². The number of nitrogens with one attached hydrogen (secondary N) is 1. The van der Waals surface area contributed by atoms with Crippen molar-refractivity contribution in [2.75, 3.05) is 18.4 Å². The molecule has 8 nitrogen and oxygen atoms in total. The standard InChI is InChI=1S/C24H29FN4O4S/c1-3-5-15-29(16-6-4-2)34(31,32)21-13-9-19(10-14-21)23(30)26-24-28-27-22(33-24)17-18-7-11-20(25)12-8-18/h7-14H,3-6,15-17H2,1-2H3,(H,26,28,30). The lowest BCUT2D eigenvalue weighted by atomic mass is 10.1. The smallest absolute Gasteiger partial charge is 0.322 e. The molecule has 34 heavy (non-hydrogen) atoms. The van der Waals surface area contributed by atoms with Gasteiger partial charge in [-0.2, -0.15) is 4.31 Å². The Labute approximate surface area is 199 Å². The predicted octanol–water partition coefficient (Wildman–Crippen LogP) is 4.64. The molecule has 3 aromatic rings. The summed E-state index contributed by atoms with van der Waals surface area (Å²) in [5.41, 5.74) is 1.04. The number of benzene rings is 2. The molecule has 0 fully saturated rings. The van der Waals surface area contributed by atoms with Gasteiger partial charge in [0.1, 0.15) is 5.82 Å². The van der Waals surface area contributed by atoms with E-state index in [-0.39, 0.29) is 28.2 Å². The topological polar surface area (TPSA) is 105 Å². The van der Waals surface area contributed by atoms with Crippen molar-refractivity contribution < 1.29 is 22.0 Å². The van der Waals surface area contributed by atoms with E-state index in [9.17, 15) is 17.6 Å². The van der Waals surface area contributed by atoms with Crippen LogP contribution < -0.4 is 5.32 Å². The minimum absolute atomic E-state index is 0.0795. The molecule has 0 spiro atoms. The first-order valence-corrected chi connectivity index (χ1v) is 12.8. The minimum atomic E-state index is -3.64. The molecule has 1 amide bonds. The van der Waals surface area contributed by atoms with Crippen LogP contribution in [0.3, 0.4) is 0 Å². The number of sulfonamides is 1. The third-order valence-corrected chi connectivity index (χ3v) is 7.15. The summed E-state index contributed by atoms with van der Waals surface area (Å²) in [5.74, 6) is -0.576. The number of nitrogens with zero attached hydrogens (tertiary/aromatic N) is 3. The third kappa shape index (κ3) is 6.71. The minimum Gasteiger partial charge on any atom is -0.407 e. The molecule has 0 saturated carbocycles. The fraction of sp³-hybridized carbons (Fsp3) is 0.375. The molecule has 1 N–H and O–H groups in total. The number of amides is 1. The van der Waals surface area contributed by atoms with Crippen LogP contribution in [0, 0.1) is 5.82 Å². The Morgan fingerprint density at radius 3 is 2.18 bits per heavy atom. The number of unbranched alkanes of at least 4 members (excludes halogenated alkanes) is 2. The van der Waals surface area contributed by atoms with E-state index >= 15 is 0 Å². The highest BCUT2D eigenvalue weighted by atomic mass is 32.2. The maximum absolute atomic E-state index is 13.1. The Bertz CT molecular complexity index is 1170. The summed E-state index contributed by atoms with van der Waals surface area (Å²) in [6.07, 6.45) is 3.67. The van der Waals surface area contributed by atoms with Gasteiger partial charge < -0.3 is 4.42 Å². The Morgan fingerprint density at radius 2 is 1.59 bits per heavy atom. The maximum atomic E-state index is 13.1. The van der Waals surface area contributed by atoms with Gasteiger partial charge >= 0.3 is 6.01 Å². The second kappa shape index (κ2) is 11.8. The fourth-order valence-electron chi connectivity index (χ4n) is 3.27. The van der Waals surface area contributed by atoms with Crippen LogP contribution in [0.2, 0.25) is 0 Å². The van der Waals surface area contributed by atoms with Crippen LogP contribution in [-0.4, -0.2) is 41.9 Å². The van der Waals surface area contributed by atoms with Crippen molar-refractivity contribution >= 4 is 21.9 Å². The van der Waals surface area contributed by atoms with Crippen LogP contribution in [0.15, 0.2) is 57.8 Å². The van der Waals surface area contributed by atoms with E-state index in [1.165, 1.54) is 40.7 Å². The van der Waals surface area contributed by atoms with Gasteiger partial charge in [0, 0.05) is 18.7 Å². The molecule has 0 saturated heterocycles. The van der Waals surface area contributed by atoms with Crippen molar-refractivity contribution in [2.24, 2.45) is 0 Å². The predicted molar refractivity (Wildman–Crippen MR) is 126 cm³/mol. The first-order valence-electron chi connectivity index (χ1n) is 11.3. The molecule has 0 aliphatic carbocycles. The number of carbonyl (C=O) groups is 1. The van der Waals surface area contributed by atoms with Crippen molar-refractivity contribution in [1.82, 2.24) is 14.5 Å². The number of halogens is 1. The summed E-state index contributed by atoms with van der Waals surface area (Å²) >= 11 is 0. The molecule has 2 aromatic carbocycles. The lowest BCUT2D eigenvalue weighted by Crippen LogP contribution is -2.33. The van der Waals surface area contributed by atoms with Gasteiger partial charge in [0.25, 0.3) is 5.91 Å². The van der Waals surface area contributed by atoms with E-state index in [0.717, 1.165) is 31.2 Å². The monoisotopic (exact) mass is 488 g/mol. The van der Waals surface area contributed by atoms with E-state index in [2.05, 4.69) is 15.5 Å². The molecule has 182 valence electrons. The van der Waals surface area contributed by atoms with Crippen molar-refractivity contribution in [1.29, 1.82) is 0 Å². The van der Waals surface area contributed by atoms with E-state index < -0.39 is 15.9 Å². The fourth-order valence-corrected chi connectivity index (χ4v) is 4.79. The zero-order valence-corrected chi connectivity index (χ0v) is 20.1. The van der Waals surface area contributed by atoms with Crippen LogP contribution in [0.5, 0.6) is 0 Å². The van der Waals surface area contributed by atoms with Crippen LogP contribution >= 0.6 is 0 Å². The van der Waals surface area contributed by atoms with Gasteiger partial charge in [-0.15, -0.1) is 5.10 Å². The highest BCUT2D eigenvalue weighted by molar-refractivity contribution is 7.89. The van der Waals surface area contributed by atoms with Crippen molar-refractivity contribution in [2.45, 2.75) is 50.8 Å². The van der Waals surface area contributed by atoms with Gasteiger partial charge in [-0.1, -0.05) is 43.9 Å². The SMILES string of the molecule is CCCCN(CCCC)S(=O)(=O)c1ccc(C(=O)Nc2nnc(Cc3ccc(F)cc3)o2)cc1. The van der Waals surface area contributed by atoms with Crippen molar-refractivity contribution in [3.63, 3.8) is 0 Å². The van der Waals surface area contributed by atoms with E-state index in [1.54, 1.807) is 12.1 Å². The van der Waals surface area contributed by atoms with E-state index in [1.807, 2.05) is 13.8 Å². The average molecular weight is 489 g/mol. The highest BCUT2D eigenvalue weighted by Crippen LogP contribution is 2.19. The molecule has 0 unspecified atom stereocenters.